The molecule has 0 heterocycles. The van der Waals surface area contributed by atoms with Gasteiger partial charge >= 0.3 is 17.1 Å². The minimum Gasteiger partial charge on any atom is -0.550 e. The SMILES string of the molecule is CC(=O)[O-].CC(=O)[O-].CC(=O)[O-].CC(=O)[O-].NCCN.[Cu+2].[NH4+].[NH4+]. The van der Waals surface area contributed by atoms with Crippen molar-refractivity contribution in [1.29, 1.82) is 0 Å². The van der Waals surface area contributed by atoms with Gasteiger partial charge in [0.2, 0.25) is 0 Å². The second kappa shape index (κ2) is 50.0. The van der Waals surface area contributed by atoms with Gasteiger partial charge in [0, 0.05) is 37.0 Å². The van der Waals surface area contributed by atoms with Gasteiger partial charge in [-0.05, 0) is 27.7 Å². The zero-order valence-corrected chi connectivity index (χ0v) is 15.1. The molecule has 23 heavy (non-hydrogen) atoms. The van der Waals surface area contributed by atoms with Crippen molar-refractivity contribution in [2.24, 2.45) is 11.5 Å². The van der Waals surface area contributed by atoms with Gasteiger partial charge in [0.25, 0.3) is 0 Å². The molecule has 0 aromatic heterocycles. The smallest absolute Gasteiger partial charge is 0.550 e. The van der Waals surface area contributed by atoms with E-state index in [1.165, 1.54) is 0 Å². The topological polar surface area (TPSA) is 286 Å². The Hall–Kier alpha value is -1.76. The Labute approximate surface area is 145 Å². The third-order valence-corrected chi connectivity index (χ3v) is 0.167. The zero-order chi connectivity index (χ0) is 17.7. The van der Waals surface area contributed by atoms with Crippen molar-refractivity contribution < 1.29 is 56.7 Å². The van der Waals surface area contributed by atoms with Gasteiger partial charge < -0.3 is 63.4 Å². The van der Waals surface area contributed by atoms with E-state index in [1.54, 1.807) is 0 Å². The molecule has 0 rings (SSSR count). The number of nitrogens with two attached hydrogens (primary N) is 2. The van der Waals surface area contributed by atoms with E-state index in [0.29, 0.717) is 13.1 Å². The molecule has 147 valence electrons. The summed E-state index contributed by atoms with van der Waals surface area (Å²) in [6, 6.07) is 0. The molecule has 12 N–H and O–H groups in total. The number of carboxylic acid groups (broad SMARTS) is 4. The number of carboxylic acids is 4. The number of aliphatic carboxylic acids is 4. The second-order valence-electron chi connectivity index (χ2n) is 2.54. The summed E-state index contributed by atoms with van der Waals surface area (Å²) in [6.07, 6.45) is 0. The molecule has 0 aromatic rings. The Morgan fingerprint density at radius 3 is 0.652 bits per heavy atom. The summed E-state index contributed by atoms with van der Waals surface area (Å²) < 4.78 is 0. The molecule has 0 saturated carbocycles. The standard InChI is InChI=1S/C2H8N2.4C2H4O2.Cu.2H3N/c3-1-2-4;4*1-2(3)4;;;/h1-4H2;4*1H3,(H,3,4);;2*1H3/q;;;;;+2;;/p-2. The van der Waals surface area contributed by atoms with Crippen molar-refractivity contribution in [3.8, 4) is 0 Å². The van der Waals surface area contributed by atoms with Gasteiger partial charge in [0.15, 0.2) is 0 Å². The molecule has 0 aliphatic carbocycles. The van der Waals surface area contributed by atoms with E-state index in [2.05, 4.69) is 0 Å². The fourth-order valence-electron chi connectivity index (χ4n) is 0. The molecule has 13 heteroatoms. The van der Waals surface area contributed by atoms with Crippen LogP contribution in [0.1, 0.15) is 27.7 Å². The minimum absolute atomic E-state index is 0. The van der Waals surface area contributed by atoms with E-state index in [1.807, 2.05) is 0 Å². The molecule has 0 aliphatic rings. The molecule has 0 bridgehead atoms. The maximum absolute atomic E-state index is 8.89. The van der Waals surface area contributed by atoms with Gasteiger partial charge in [0.1, 0.15) is 0 Å². The summed E-state index contributed by atoms with van der Waals surface area (Å²) in [4.78, 5) is 35.6. The van der Waals surface area contributed by atoms with Gasteiger partial charge in [-0.1, -0.05) is 0 Å². The molecule has 0 spiro atoms. The first kappa shape index (κ1) is 49.6. The third kappa shape index (κ3) is 11600. The van der Waals surface area contributed by atoms with Crippen LogP contribution in [0.2, 0.25) is 0 Å². The first-order valence-corrected chi connectivity index (χ1v) is 4.95. The zero-order valence-electron chi connectivity index (χ0n) is 14.1. The fourth-order valence-corrected chi connectivity index (χ4v) is 0. The number of carbonyl (C=O) groups excluding carboxylic acids is 4. The van der Waals surface area contributed by atoms with E-state index in [4.69, 9.17) is 51.1 Å². The molecule has 0 aliphatic heterocycles. The summed E-state index contributed by atoms with van der Waals surface area (Å²) in [5.41, 5.74) is 9.81. The number of quaternary nitrogens is 2. The Bertz CT molecular complexity index is 201. The van der Waals surface area contributed by atoms with E-state index in [9.17, 15) is 0 Å². The Morgan fingerprint density at radius 2 is 0.652 bits per heavy atom. The third-order valence-electron chi connectivity index (χ3n) is 0.167. The van der Waals surface area contributed by atoms with Crippen molar-refractivity contribution in [1.82, 2.24) is 12.3 Å². The van der Waals surface area contributed by atoms with Crippen LogP contribution in [0.5, 0.6) is 0 Å². The van der Waals surface area contributed by atoms with Crippen LogP contribution in [0, 0.1) is 0 Å². The van der Waals surface area contributed by atoms with Gasteiger partial charge in [0.05, 0.1) is 0 Å². The molecule has 12 nitrogen and oxygen atoms in total. The molecular weight excluding hydrogens is 368 g/mol. The first-order valence-electron chi connectivity index (χ1n) is 4.95. The van der Waals surface area contributed by atoms with Crippen LogP contribution < -0.4 is 44.2 Å². The van der Waals surface area contributed by atoms with Crippen LogP contribution in [0.4, 0.5) is 0 Å². The van der Waals surface area contributed by atoms with E-state index in [0.717, 1.165) is 27.7 Å². The van der Waals surface area contributed by atoms with Crippen LogP contribution in [-0.4, -0.2) is 37.0 Å². The molecular formula is C10H28CuN4O8. The largest absolute Gasteiger partial charge is 2.00 e. The van der Waals surface area contributed by atoms with E-state index in [-0.39, 0.29) is 29.4 Å². The minimum atomic E-state index is -1.08. The van der Waals surface area contributed by atoms with Gasteiger partial charge in [-0.3, -0.25) is 0 Å². The van der Waals surface area contributed by atoms with Crippen molar-refractivity contribution >= 4 is 23.9 Å². The quantitative estimate of drug-likeness (QED) is 0.305. The van der Waals surface area contributed by atoms with Crippen molar-refractivity contribution in [2.75, 3.05) is 13.1 Å². The molecule has 0 atom stereocenters. The summed E-state index contributed by atoms with van der Waals surface area (Å²) in [7, 11) is 0. The molecule has 0 saturated heterocycles. The predicted molar refractivity (Wildman–Crippen MR) is 72.8 cm³/mol. The molecule has 0 amide bonds. The molecule has 0 unspecified atom stereocenters. The predicted octanol–water partition coefficient (Wildman–Crippen LogP) is -5.32. The Balaban J connectivity index is -0.0000000197. The fraction of sp³-hybridized carbons (Fsp3) is 0.600. The molecule has 0 aromatic carbocycles. The number of rotatable bonds is 1. The first-order chi connectivity index (χ1) is 8.84. The van der Waals surface area contributed by atoms with Crippen molar-refractivity contribution in [2.45, 2.75) is 27.7 Å². The van der Waals surface area contributed by atoms with Crippen LogP contribution in [0.25, 0.3) is 0 Å². The normalized spacial score (nSPS) is 5.65. The maximum Gasteiger partial charge on any atom is 2.00 e. The van der Waals surface area contributed by atoms with E-state index < -0.39 is 23.9 Å². The summed E-state index contributed by atoms with van der Waals surface area (Å²) in [5, 5.41) is 35.6. The van der Waals surface area contributed by atoms with Crippen LogP contribution in [0.15, 0.2) is 0 Å². The van der Waals surface area contributed by atoms with Gasteiger partial charge in [-0.15, -0.1) is 0 Å². The van der Waals surface area contributed by atoms with Crippen molar-refractivity contribution in [3.05, 3.63) is 0 Å². The summed E-state index contributed by atoms with van der Waals surface area (Å²) in [6.45, 7) is 5.08. The number of carbonyl (C=O) groups is 4. The Kier molecular flexibility index (Phi) is 108. The molecule has 1 radical (unpaired) electrons. The number of hydrogen-bond donors (Lipinski definition) is 4. The van der Waals surface area contributed by atoms with Crippen LogP contribution in [-0.2, 0) is 36.2 Å². The number of hydrogen-bond acceptors (Lipinski definition) is 10. The molecule has 0 fully saturated rings. The second-order valence-corrected chi connectivity index (χ2v) is 2.54. The maximum atomic E-state index is 8.89. The summed E-state index contributed by atoms with van der Waals surface area (Å²) in [5.74, 6) is -4.33. The monoisotopic (exact) mass is 395 g/mol. The summed E-state index contributed by atoms with van der Waals surface area (Å²) >= 11 is 0. The van der Waals surface area contributed by atoms with Crippen LogP contribution >= 0.6 is 0 Å². The van der Waals surface area contributed by atoms with Crippen molar-refractivity contribution in [3.63, 3.8) is 0 Å². The van der Waals surface area contributed by atoms with Gasteiger partial charge in [-0.2, -0.15) is 0 Å². The van der Waals surface area contributed by atoms with Gasteiger partial charge in [-0.25, -0.2) is 0 Å². The van der Waals surface area contributed by atoms with Crippen LogP contribution in [0.3, 0.4) is 0 Å². The van der Waals surface area contributed by atoms with E-state index >= 15 is 0 Å². The average molecular weight is 396 g/mol. The Morgan fingerprint density at radius 1 is 0.609 bits per heavy atom. The average Bonchev–Trinajstić information content (AvgIpc) is 2.13.